The number of ether oxygens (including phenoxy) is 2. The van der Waals surface area contributed by atoms with E-state index in [9.17, 15) is 41.1 Å². The second-order valence-electron chi connectivity index (χ2n) is 10.9. The molecule has 0 fully saturated rings. The molecule has 0 saturated heterocycles. The summed E-state index contributed by atoms with van der Waals surface area (Å²) in [4.78, 5) is 55.9. The zero-order chi connectivity index (χ0) is 36.5. The van der Waals surface area contributed by atoms with E-state index in [1.54, 1.807) is 24.3 Å². The summed E-state index contributed by atoms with van der Waals surface area (Å²) in [5.41, 5.74) is 0.597. The molecular weight excluding hydrogens is 702 g/mol. The monoisotopic (exact) mass is 732 g/mol. The summed E-state index contributed by atoms with van der Waals surface area (Å²) in [6.07, 6.45) is -3.72. The number of carbonyl (C=O) groups excluding carboxylic acids is 4. The van der Waals surface area contributed by atoms with Gasteiger partial charge in [0, 0.05) is 17.3 Å². The molecule has 17 heteroatoms. The van der Waals surface area contributed by atoms with Crippen molar-refractivity contribution >= 4 is 46.7 Å². The third kappa shape index (κ3) is 11.3. The second-order valence-corrected chi connectivity index (χ2v) is 11.8. The van der Waals surface area contributed by atoms with Crippen LogP contribution in [0.4, 0.5) is 22.0 Å². The minimum Gasteiger partial charge on any atom is -0.497 e. The van der Waals surface area contributed by atoms with E-state index in [2.05, 4.69) is 15.6 Å². The smallest absolute Gasteiger partial charge is 0.405 e. The maximum Gasteiger partial charge on any atom is 0.405 e. The number of ketones is 1. The van der Waals surface area contributed by atoms with Crippen molar-refractivity contribution in [3.63, 3.8) is 0 Å². The van der Waals surface area contributed by atoms with E-state index in [1.807, 2.05) is 0 Å². The molecule has 0 radical (unpaired) electrons. The summed E-state index contributed by atoms with van der Waals surface area (Å²) < 4.78 is 78.3. The fraction of sp³-hybridized carbons (Fsp3) is 0.344. The molecule has 49 heavy (non-hydrogen) atoms. The van der Waals surface area contributed by atoms with Gasteiger partial charge in [0.15, 0.2) is 0 Å². The van der Waals surface area contributed by atoms with Gasteiger partial charge in [0.1, 0.15) is 30.2 Å². The van der Waals surface area contributed by atoms with E-state index in [-0.39, 0.29) is 16.3 Å². The summed E-state index contributed by atoms with van der Waals surface area (Å²) in [5, 5.41) is 6.21. The number of halogens is 7. The van der Waals surface area contributed by atoms with Gasteiger partial charge in [-0.05, 0) is 41.3 Å². The zero-order valence-corrected chi connectivity index (χ0v) is 27.6. The Balaban J connectivity index is 1.90. The van der Waals surface area contributed by atoms with Crippen LogP contribution in [0.2, 0.25) is 10.0 Å². The molecule has 0 aliphatic carbocycles. The molecule has 0 aliphatic heterocycles. The van der Waals surface area contributed by atoms with E-state index >= 15 is 0 Å². The van der Waals surface area contributed by atoms with Gasteiger partial charge in [-0.3, -0.25) is 24.2 Å². The van der Waals surface area contributed by atoms with Gasteiger partial charge in [0.05, 0.1) is 30.8 Å². The molecule has 0 spiro atoms. The number of rotatable bonds is 15. The molecule has 3 N–H and O–H groups in total. The molecule has 3 aromatic rings. The number of Topliss-reactive ketones (excluding diaryl/α,β-unsaturated/α-hetero) is 1. The number of benzene rings is 2. The van der Waals surface area contributed by atoms with Gasteiger partial charge in [-0.25, -0.2) is 0 Å². The van der Waals surface area contributed by atoms with Crippen molar-refractivity contribution in [2.24, 2.45) is 5.92 Å². The molecule has 3 atom stereocenters. The van der Waals surface area contributed by atoms with Crippen LogP contribution in [-0.4, -0.2) is 60.3 Å². The van der Waals surface area contributed by atoms with Crippen molar-refractivity contribution in [3.05, 3.63) is 88.2 Å². The molecule has 1 aromatic heterocycles. The highest BCUT2D eigenvalue weighted by atomic mass is 35.5. The van der Waals surface area contributed by atoms with Crippen LogP contribution >= 0.6 is 23.2 Å². The van der Waals surface area contributed by atoms with Crippen molar-refractivity contribution in [3.8, 4) is 11.5 Å². The van der Waals surface area contributed by atoms with Crippen LogP contribution in [0, 0.1) is 5.92 Å². The molecule has 10 nitrogen and oxygen atoms in total. The number of hydrogen-bond acceptors (Lipinski definition) is 7. The number of amides is 3. The molecule has 1 unspecified atom stereocenters. The van der Waals surface area contributed by atoms with Gasteiger partial charge in [0.2, 0.25) is 17.6 Å². The highest BCUT2D eigenvalue weighted by molar-refractivity contribution is 6.30. The maximum absolute atomic E-state index is 14.8. The van der Waals surface area contributed by atoms with E-state index in [0.29, 0.717) is 16.3 Å². The largest absolute Gasteiger partial charge is 0.497 e. The summed E-state index contributed by atoms with van der Waals surface area (Å²) in [6.45, 7) is 0.434. The average Bonchev–Trinajstić information content (AvgIpc) is 3.03. The predicted octanol–water partition coefficient (Wildman–Crippen LogP) is 5.79. The van der Waals surface area contributed by atoms with Gasteiger partial charge in [-0.15, -0.1) is 0 Å². The van der Waals surface area contributed by atoms with Crippen molar-refractivity contribution in [2.75, 3.05) is 13.7 Å². The Morgan fingerprint density at radius 3 is 2.10 bits per heavy atom. The Kier molecular flexibility index (Phi) is 13.3. The third-order valence-electron chi connectivity index (χ3n) is 6.86. The molecule has 0 aliphatic rings. The summed E-state index contributed by atoms with van der Waals surface area (Å²) in [6, 6.07) is 9.92. The van der Waals surface area contributed by atoms with Gasteiger partial charge in [-0.2, -0.15) is 22.0 Å². The number of aromatic nitrogens is 1. The Morgan fingerprint density at radius 1 is 0.857 bits per heavy atom. The second kappa shape index (κ2) is 16.7. The van der Waals surface area contributed by atoms with Gasteiger partial charge >= 0.3 is 12.1 Å². The van der Waals surface area contributed by atoms with Crippen molar-refractivity contribution < 1.29 is 50.6 Å². The number of alkyl halides is 5. The van der Waals surface area contributed by atoms with E-state index in [0.717, 1.165) is 5.32 Å². The lowest BCUT2D eigenvalue weighted by Crippen LogP contribution is -2.58. The Hall–Kier alpha value is -4.50. The first kappa shape index (κ1) is 38.9. The molecule has 264 valence electrons. The maximum atomic E-state index is 14.8. The molecule has 0 saturated carbocycles. The first-order chi connectivity index (χ1) is 22.9. The van der Waals surface area contributed by atoms with Crippen LogP contribution in [0.15, 0.2) is 67.0 Å². The van der Waals surface area contributed by atoms with Gasteiger partial charge in [-0.1, -0.05) is 61.3 Å². The minimum atomic E-state index is -5.02. The van der Waals surface area contributed by atoms with Crippen LogP contribution in [0.1, 0.15) is 43.5 Å². The van der Waals surface area contributed by atoms with Crippen molar-refractivity contribution in [1.82, 2.24) is 20.9 Å². The number of hydrogen-bond donors (Lipinski definition) is 3. The number of pyridine rings is 1. The van der Waals surface area contributed by atoms with E-state index in [4.69, 9.17) is 32.7 Å². The molecule has 2 aromatic carbocycles. The van der Waals surface area contributed by atoms with Crippen molar-refractivity contribution in [1.29, 1.82) is 0 Å². The molecule has 3 rings (SSSR count). The first-order valence-corrected chi connectivity index (χ1v) is 15.2. The molecule has 0 bridgehead atoms. The fourth-order valence-electron chi connectivity index (χ4n) is 4.41. The Labute approximate surface area is 287 Å². The van der Waals surface area contributed by atoms with E-state index in [1.165, 1.54) is 63.7 Å². The SMILES string of the molecule is COc1ccc([C@H](NC(=O)CC(Oc2cncc(Cl)c2)c2cccc(Cl)c2)C(=O)N[C@H](C(=O)C(F)(F)C(=O)NCC(F)(F)F)C(C)C)cc1. The highest BCUT2D eigenvalue weighted by Crippen LogP contribution is 2.29. The molecular formula is C32H31Cl2F5N4O6. The van der Waals surface area contributed by atoms with Crippen LogP contribution in [-0.2, 0) is 19.2 Å². The summed E-state index contributed by atoms with van der Waals surface area (Å²) in [7, 11) is 1.39. The van der Waals surface area contributed by atoms with Gasteiger partial charge in [0.25, 0.3) is 5.91 Å². The average molecular weight is 734 g/mol. The Bertz CT molecular complexity index is 1640. The summed E-state index contributed by atoms with van der Waals surface area (Å²) in [5.74, 6) is -12.0. The fourth-order valence-corrected chi connectivity index (χ4v) is 4.77. The van der Waals surface area contributed by atoms with E-state index < -0.39 is 72.7 Å². The Morgan fingerprint density at radius 2 is 1.53 bits per heavy atom. The number of carbonyl (C=O) groups is 4. The lowest BCUT2D eigenvalue weighted by Gasteiger charge is -2.28. The summed E-state index contributed by atoms with van der Waals surface area (Å²) >= 11 is 12.2. The predicted molar refractivity (Wildman–Crippen MR) is 168 cm³/mol. The zero-order valence-electron chi connectivity index (χ0n) is 26.1. The number of nitrogens with one attached hydrogen (secondary N) is 3. The first-order valence-electron chi connectivity index (χ1n) is 14.4. The highest BCUT2D eigenvalue weighted by Gasteiger charge is 2.52. The quantitative estimate of drug-likeness (QED) is 0.133. The standard InChI is InChI=1S/C32H31Cl2F5N4O6/c1-17(2)26(28(45)32(38,39)30(47)41-16-31(35,36)37)43-29(46)27(18-7-9-22(48-3)10-8-18)42-25(44)13-24(19-5-4-6-20(33)11-19)49-23-12-21(34)14-40-15-23/h4-12,14-15,17,24,26-27H,13,16H2,1-3H3,(H,41,47)(H,42,44)(H,43,46)/t24?,26-,27-/m0/s1. The lowest BCUT2D eigenvalue weighted by atomic mass is 9.94. The normalized spacial score (nSPS) is 13.5. The molecule has 1 heterocycles. The lowest BCUT2D eigenvalue weighted by molar-refractivity contribution is -0.165. The van der Waals surface area contributed by atoms with Gasteiger partial charge < -0.3 is 25.4 Å². The topological polar surface area (TPSA) is 136 Å². The minimum absolute atomic E-state index is 0.135. The van der Waals surface area contributed by atoms with Crippen LogP contribution in [0.25, 0.3) is 0 Å². The number of nitrogens with zero attached hydrogens (tertiary/aromatic N) is 1. The van der Waals surface area contributed by atoms with Crippen molar-refractivity contribution in [2.45, 2.75) is 50.6 Å². The number of methoxy groups -OCH3 is 1. The third-order valence-corrected chi connectivity index (χ3v) is 7.30. The van der Waals surface area contributed by atoms with Crippen LogP contribution in [0.3, 0.4) is 0 Å². The van der Waals surface area contributed by atoms with Crippen LogP contribution in [0.5, 0.6) is 11.5 Å². The molecule has 3 amide bonds. The van der Waals surface area contributed by atoms with Crippen LogP contribution < -0.4 is 25.4 Å².